The minimum atomic E-state index is -0.416. The van der Waals surface area contributed by atoms with Gasteiger partial charge in [-0.15, -0.1) is 0 Å². The average molecular weight is 614 g/mol. The Morgan fingerprint density at radius 1 is 0.600 bits per heavy atom. The van der Waals surface area contributed by atoms with Crippen LogP contribution in [0.3, 0.4) is 0 Å². The quantitative estimate of drug-likeness (QED) is 0.0499. The monoisotopic (exact) mass is 613 g/mol. The number of oxazole rings is 1. The summed E-state index contributed by atoms with van der Waals surface area (Å²) in [5.74, 6) is 2.11. The van der Waals surface area contributed by atoms with E-state index < -0.39 is 5.97 Å². The molecule has 0 saturated heterocycles. The first-order valence-electron chi connectivity index (χ1n) is 17.2. The van der Waals surface area contributed by atoms with Crippen molar-refractivity contribution in [2.45, 2.75) is 110 Å². The van der Waals surface area contributed by atoms with Gasteiger partial charge in [0.05, 0.1) is 18.8 Å². The van der Waals surface area contributed by atoms with Crippen LogP contribution in [0, 0.1) is 0 Å². The highest BCUT2D eigenvalue weighted by Gasteiger charge is 2.12. The van der Waals surface area contributed by atoms with Gasteiger partial charge in [-0.1, -0.05) is 97.3 Å². The van der Waals surface area contributed by atoms with Crippen molar-refractivity contribution in [1.29, 1.82) is 0 Å². The smallest absolute Gasteiger partial charge is 0.343 e. The van der Waals surface area contributed by atoms with Crippen LogP contribution < -0.4 is 14.2 Å². The van der Waals surface area contributed by atoms with Gasteiger partial charge in [0.25, 0.3) is 0 Å². The summed E-state index contributed by atoms with van der Waals surface area (Å²) in [6, 6.07) is 20.0. The molecule has 0 fully saturated rings. The van der Waals surface area contributed by atoms with Crippen LogP contribution in [0.25, 0.3) is 22.6 Å². The van der Waals surface area contributed by atoms with Crippen molar-refractivity contribution in [2.75, 3.05) is 13.2 Å². The Hall–Kier alpha value is -3.80. The molecule has 0 unspecified atom stereocenters. The normalized spacial score (nSPS) is 11.2. The van der Waals surface area contributed by atoms with Gasteiger partial charge in [0.15, 0.2) is 5.58 Å². The van der Waals surface area contributed by atoms with Gasteiger partial charge in [0.2, 0.25) is 5.89 Å². The van der Waals surface area contributed by atoms with Gasteiger partial charge in [-0.25, -0.2) is 9.78 Å². The van der Waals surface area contributed by atoms with Crippen molar-refractivity contribution in [1.82, 2.24) is 4.98 Å². The van der Waals surface area contributed by atoms with Crippen molar-refractivity contribution in [3.05, 3.63) is 72.3 Å². The summed E-state index contributed by atoms with van der Waals surface area (Å²) in [5, 5.41) is 0. The lowest BCUT2D eigenvalue weighted by Gasteiger charge is -2.08. The van der Waals surface area contributed by atoms with Crippen molar-refractivity contribution in [3.8, 4) is 28.7 Å². The van der Waals surface area contributed by atoms with E-state index in [0.717, 1.165) is 35.4 Å². The van der Waals surface area contributed by atoms with Gasteiger partial charge in [0, 0.05) is 11.6 Å². The molecular weight excluding hydrogens is 562 g/mol. The third kappa shape index (κ3) is 11.9. The van der Waals surface area contributed by atoms with Crippen LogP contribution in [0.5, 0.6) is 17.2 Å². The molecule has 4 aromatic rings. The SMILES string of the molecule is CCCCCCCCCCCCOc1ccc2nc(-c3ccc(OC(=O)c4ccc(OCCCCCCC)cc4)cc3)oc2c1. The number of carbonyl (C=O) groups is 1. The highest BCUT2D eigenvalue weighted by atomic mass is 16.5. The predicted molar refractivity (Wildman–Crippen MR) is 182 cm³/mol. The molecule has 0 bridgehead atoms. The third-order valence-corrected chi connectivity index (χ3v) is 8.04. The van der Waals surface area contributed by atoms with Crippen LogP contribution in [0.15, 0.2) is 71.1 Å². The summed E-state index contributed by atoms with van der Waals surface area (Å²) in [5.41, 5.74) is 2.73. The van der Waals surface area contributed by atoms with E-state index in [1.165, 1.54) is 83.5 Å². The summed E-state index contributed by atoms with van der Waals surface area (Å²) >= 11 is 0. The lowest BCUT2D eigenvalue weighted by molar-refractivity contribution is 0.0734. The number of rotatable bonds is 22. The molecule has 0 aliphatic rings. The zero-order valence-electron chi connectivity index (χ0n) is 27.4. The zero-order valence-corrected chi connectivity index (χ0v) is 27.4. The van der Waals surface area contributed by atoms with E-state index in [9.17, 15) is 4.79 Å². The maximum Gasteiger partial charge on any atom is 0.343 e. The number of aromatic nitrogens is 1. The molecule has 6 nitrogen and oxygen atoms in total. The van der Waals surface area contributed by atoms with Crippen molar-refractivity contribution in [2.24, 2.45) is 0 Å². The number of hydrogen-bond acceptors (Lipinski definition) is 6. The summed E-state index contributed by atoms with van der Waals surface area (Å²) in [4.78, 5) is 17.3. The first kappa shape index (κ1) is 34.1. The molecule has 3 aromatic carbocycles. The molecule has 6 heteroatoms. The molecule has 0 aliphatic heterocycles. The number of hydrogen-bond donors (Lipinski definition) is 0. The van der Waals surface area contributed by atoms with Crippen LogP contribution in [0.2, 0.25) is 0 Å². The minimum Gasteiger partial charge on any atom is -0.494 e. The average Bonchev–Trinajstić information content (AvgIpc) is 3.49. The Labute approximate surface area is 269 Å². The number of carbonyl (C=O) groups excluding carboxylic acids is 1. The van der Waals surface area contributed by atoms with Gasteiger partial charge >= 0.3 is 5.97 Å². The largest absolute Gasteiger partial charge is 0.494 e. The summed E-state index contributed by atoms with van der Waals surface area (Å²) < 4.78 is 23.4. The standard InChI is InChI=1S/C39H51NO5/c1-3-5-7-9-10-11-12-13-15-17-29-43-35-26-27-36-37(30-35)45-38(40-36)31-18-24-34(25-19-31)44-39(41)32-20-22-33(23-21-32)42-28-16-14-8-6-4-2/h18-27,30H,3-17,28-29H2,1-2H3. The van der Waals surface area contributed by atoms with Crippen LogP contribution in [-0.4, -0.2) is 24.2 Å². The Morgan fingerprint density at radius 2 is 1.11 bits per heavy atom. The Bertz CT molecular complexity index is 1390. The lowest BCUT2D eigenvalue weighted by atomic mass is 10.1. The molecule has 0 atom stereocenters. The molecule has 242 valence electrons. The van der Waals surface area contributed by atoms with E-state index in [-0.39, 0.29) is 0 Å². The van der Waals surface area contributed by atoms with Gasteiger partial charge in [-0.05, 0) is 73.5 Å². The maximum absolute atomic E-state index is 12.7. The molecule has 45 heavy (non-hydrogen) atoms. The zero-order chi connectivity index (χ0) is 31.5. The van der Waals surface area contributed by atoms with Gasteiger partial charge < -0.3 is 18.6 Å². The first-order valence-corrected chi connectivity index (χ1v) is 17.2. The van der Waals surface area contributed by atoms with Crippen molar-refractivity contribution < 1.29 is 23.4 Å². The topological polar surface area (TPSA) is 70.8 Å². The van der Waals surface area contributed by atoms with Gasteiger partial charge in [-0.2, -0.15) is 0 Å². The fourth-order valence-electron chi connectivity index (χ4n) is 5.31. The van der Waals surface area contributed by atoms with E-state index in [0.29, 0.717) is 36.0 Å². The van der Waals surface area contributed by atoms with E-state index in [4.69, 9.17) is 18.6 Å². The fraction of sp³-hybridized carbons (Fsp3) is 0.487. The van der Waals surface area contributed by atoms with Crippen molar-refractivity contribution >= 4 is 17.1 Å². The highest BCUT2D eigenvalue weighted by molar-refractivity contribution is 5.91. The molecule has 0 aliphatic carbocycles. The molecule has 0 N–H and O–H groups in total. The molecule has 0 radical (unpaired) electrons. The number of nitrogens with zero attached hydrogens (tertiary/aromatic N) is 1. The van der Waals surface area contributed by atoms with Crippen LogP contribution in [0.4, 0.5) is 0 Å². The lowest BCUT2D eigenvalue weighted by Crippen LogP contribution is -2.08. The van der Waals surface area contributed by atoms with Crippen LogP contribution in [0.1, 0.15) is 121 Å². The van der Waals surface area contributed by atoms with E-state index >= 15 is 0 Å². The predicted octanol–water partition coefficient (Wildman–Crippen LogP) is 11.4. The van der Waals surface area contributed by atoms with Gasteiger partial charge in [-0.3, -0.25) is 0 Å². The molecule has 1 aromatic heterocycles. The molecule has 0 saturated carbocycles. The minimum absolute atomic E-state index is 0.416. The summed E-state index contributed by atoms with van der Waals surface area (Å²) in [7, 11) is 0. The first-order chi connectivity index (χ1) is 22.2. The number of ether oxygens (including phenoxy) is 3. The summed E-state index contributed by atoms with van der Waals surface area (Å²) in [6.45, 7) is 5.87. The van der Waals surface area contributed by atoms with Crippen LogP contribution in [-0.2, 0) is 0 Å². The van der Waals surface area contributed by atoms with Crippen molar-refractivity contribution in [3.63, 3.8) is 0 Å². The maximum atomic E-state index is 12.7. The van der Waals surface area contributed by atoms with E-state index in [1.807, 2.05) is 42.5 Å². The van der Waals surface area contributed by atoms with Crippen LogP contribution >= 0.6 is 0 Å². The molecule has 0 spiro atoms. The highest BCUT2D eigenvalue weighted by Crippen LogP contribution is 2.29. The Balaban J connectivity index is 1.18. The third-order valence-electron chi connectivity index (χ3n) is 8.04. The second kappa shape index (κ2) is 19.6. The Morgan fingerprint density at radius 3 is 1.71 bits per heavy atom. The molecule has 0 amide bonds. The number of unbranched alkanes of at least 4 members (excludes halogenated alkanes) is 13. The molecular formula is C39H51NO5. The van der Waals surface area contributed by atoms with E-state index in [2.05, 4.69) is 18.8 Å². The molecule has 4 rings (SSSR count). The molecule has 1 heterocycles. The number of benzene rings is 3. The fourth-order valence-corrected chi connectivity index (χ4v) is 5.31. The second-order valence-corrected chi connectivity index (χ2v) is 11.9. The Kier molecular flexibility index (Phi) is 14.8. The van der Waals surface area contributed by atoms with E-state index in [1.54, 1.807) is 24.3 Å². The second-order valence-electron chi connectivity index (χ2n) is 11.9. The number of esters is 1. The summed E-state index contributed by atoms with van der Waals surface area (Å²) in [6.07, 6.45) is 19.0. The van der Waals surface area contributed by atoms with Gasteiger partial charge in [0.1, 0.15) is 22.8 Å². The number of fused-ring (bicyclic) bond motifs is 1.